The van der Waals surface area contributed by atoms with Crippen molar-refractivity contribution in [2.45, 2.75) is 32.6 Å². The van der Waals surface area contributed by atoms with E-state index < -0.39 is 0 Å². The number of methoxy groups -OCH3 is 1. The molecule has 0 saturated heterocycles. The first-order valence-electron chi connectivity index (χ1n) is 6.76. The Labute approximate surface area is 115 Å². The Morgan fingerprint density at radius 3 is 2.89 bits per heavy atom. The van der Waals surface area contributed by atoms with Gasteiger partial charge in [0.05, 0.1) is 12.1 Å². The standard InChI is InChI=1S/C15H22ClNO/c1-11-4-3-5-12(8-11)10-17-13-6-7-15(18-2)14(16)9-13/h6-7,9,11-12,17H,3-5,8,10H2,1-2H3. The van der Waals surface area contributed by atoms with Gasteiger partial charge in [-0.15, -0.1) is 0 Å². The summed E-state index contributed by atoms with van der Waals surface area (Å²) >= 11 is 6.11. The summed E-state index contributed by atoms with van der Waals surface area (Å²) in [5.74, 6) is 2.41. The van der Waals surface area contributed by atoms with Crippen molar-refractivity contribution < 1.29 is 4.74 Å². The highest BCUT2D eigenvalue weighted by atomic mass is 35.5. The quantitative estimate of drug-likeness (QED) is 0.862. The Morgan fingerprint density at radius 2 is 2.22 bits per heavy atom. The zero-order chi connectivity index (χ0) is 13.0. The molecule has 1 aromatic carbocycles. The molecule has 3 heteroatoms. The molecule has 0 bridgehead atoms. The van der Waals surface area contributed by atoms with Gasteiger partial charge in [0.2, 0.25) is 0 Å². The second-order valence-corrected chi connectivity index (χ2v) is 5.78. The van der Waals surface area contributed by atoms with Crippen LogP contribution >= 0.6 is 11.6 Å². The van der Waals surface area contributed by atoms with Crippen molar-refractivity contribution in [2.24, 2.45) is 11.8 Å². The van der Waals surface area contributed by atoms with Gasteiger partial charge in [-0.25, -0.2) is 0 Å². The second-order valence-electron chi connectivity index (χ2n) is 5.37. The predicted molar refractivity (Wildman–Crippen MR) is 77.6 cm³/mol. The van der Waals surface area contributed by atoms with Crippen molar-refractivity contribution in [3.8, 4) is 5.75 Å². The summed E-state index contributed by atoms with van der Waals surface area (Å²) in [4.78, 5) is 0. The molecule has 0 aromatic heterocycles. The summed E-state index contributed by atoms with van der Waals surface area (Å²) in [5.41, 5.74) is 1.08. The highest BCUT2D eigenvalue weighted by molar-refractivity contribution is 6.32. The maximum atomic E-state index is 6.11. The summed E-state index contributed by atoms with van der Waals surface area (Å²) in [7, 11) is 1.64. The highest BCUT2D eigenvalue weighted by Crippen LogP contribution is 2.30. The SMILES string of the molecule is COc1ccc(NCC2CCCC(C)C2)cc1Cl. The third kappa shape index (κ3) is 3.55. The average molecular weight is 268 g/mol. The van der Waals surface area contributed by atoms with Crippen molar-refractivity contribution in [3.63, 3.8) is 0 Å². The Balaban J connectivity index is 1.88. The number of nitrogens with one attached hydrogen (secondary N) is 1. The summed E-state index contributed by atoms with van der Waals surface area (Å²) < 4.78 is 5.15. The molecule has 100 valence electrons. The van der Waals surface area contributed by atoms with E-state index in [1.165, 1.54) is 25.7 Å². The van der Waals surface area contributed by atoms with Crippen molar-refractivity contribution in [1.29, 1.82) is 0 Å². The van der Waals surface area contributed by atoms with Crippen molar-refractivity contribution in [1.82, 2.24) is 0 Å². The molecule has 1 fully saturated rings. The first kappa shape index (κ1) is 13.5. The third-order valence-electron chi connectivity index (χ3n) is 3.79. The van der Waals surface area contributed by atoms with E-state index in [0.29, 0.717) is 5.02 Å². The van der Waals surface area contributed by atoms with Crippen LogP contribution in [0.5, 0.6) is 5.75 Å². The van der Waals surface area contributed by atoms with Crippen LogP contribution in [0.2, 0.25) is 5.02 Å². The van der Waals surface area contributed by atoms with Gasteiger partial charge in [-0.3, -0.25) is 0 Å². The van der Waals surface area contributed by atoms with E-state index in [-0.39, 0.29) is 0 Å². The molecule has 2 nitrogen and oxygen atoms in total. The van der Waals surface area contributed by atoms with E-state index >= 15 is 0 Å². The third-order valence-corrected chi connectivity index (χ3v) is 4.09. The first-order valence-corrected chi connectivity index (χ1v) is 7.14. The summed E-state index contributed by atoms with van der Waals surface area (Å²) in [6, 6.07) is 5.87. The van der Waals surface area contributed by atoms with Crippen LogP contribution in [-0.4, -0.2) is 13.7 Å². The fraction of sp³-hybridized carbons (Fsp3) is 0.600. The molecule has 1 aliphatic carbocycles. The number of benzene rings is 1. The van der Waals surface area contributed by atoms with Crippen LogP contribution < -0.4 is 10.1 Å². The molecule has 2 atom stereocenters. The molecule has 0 radical (unpaired) electrons. The number of anilines is 1. The van der Waals surface area contributed by atoms with Crippen LogP contribution in [0.4, 0.5) is 5.69 Å². The lowest BCUT2D eigenvalue weighted by Gasteiger charge is -2.27. The van der Waals surface area contributed by atoms with Gasteiger partial charge in [-0.1, -0.05) is 31.4 Å². The smallest absolute Gasteiger partial charge is 0.137 e. The van der Waals surface area contributed by atoms with Gasteiger partial charge in [-0.05, 0) is 42.9 Å². The number of hydrogen-bond acceptors (Lipinski definition) is 2. The van der Waals surface area contributed by atoms with Gasteiger partial charge in [-0.2, -0.15) is 0 Å². The molecular formula is C15H22ClNO. The molecule has 1 aliphatic rings. The van der Waals surface area contributed by atoms with Crippen LogP contribution in [0.1, 0.15) is 32.6 Å². The lowest BCUT2D eigenvalue weighted by atomic mass is 9.82. The van der Waals surface area contributed by atoms with E-state index in [1.54, 1.807) is 7.11 Å². The Hall–Kier alpha value is -0.890. The number of ether oxygens (including phenoxy) is 1. The van der Waals surface area contributed by atoms with E-state index in [2.05, 4.69) is 12.2 Å². The fourth-order valence-electron chi connectivity index (χ4n) is 2.78. The molecule has 2 unspecified atom stereocenters. The first-order chi connectivity index (χ1) is 8.69. The largest absolute Gasteiger partial charge is 0.495 e. The molecule has 0 spiro atoms. The minimum Gasteiger partial charge on any atom is -0.495 e. The molecule has 1 saturated carbocycles. The number of halogens is 1. The Kier molecular flexibility index (Phi) is 4.76. The van der Waals surface area contributed by atoms with Crippen molar-refractivity contribution in [2.75, 3.05) is 19.0 Å². The fourth-order valence-corrected chi connectivity index (χ4v) is 3.04. The van der Waals surface area contributed by atoms with Gasteiger partial charge in [0.25, 0.3) is 0 Å². The maximum Gasteiger partial charge on any atom is 0.137 e. The molecule has 0 aliphatic heterocycles. The zero-order valence-corrected chi connectivity index (χ0v) is 12.0. The van der Waals surface area contributed by atoms with Crippen LogP contribution in [0.3, 0.4) is 0 Å². The zero-order valence-electron chi connectivity index (χ0n) is 11.2. The lowest BCUT2D eigenvalue weighted by Crippen LogP contribution is -2.20. The van der Waals surface area contributed by atoms with Gasteiger partial charge in [0.1, 0.15) is 5.75 Å². The maximum absolute atomic E-state index is 6.11. The van der Waals surface area contributed by atoms with E-state index in [4.69, 9.17) is 16.3 Å². The predicted octanol–water partition coefficient (Wildman–Crippen LogP) is 4.59. The molecule has 1 N–H and O–H groups in total. The monoisotopic (exact) mass is 267 g/mol. The molecule has 2 rings (SSSR count). The van der Waals surface area contributed by atoms with Crippen LogP contribution in [-0.2, 0) is 0 Å². The molecule has 1 aromatic rings. The van der Waals surface area contributed by atoms with Gasteiger partial charge in [0, 0.05) is 12.2 Å². The van der Waals surface area contributed by atoms with E-state index in [9.17, 15) is 0 Å². The van der Waals surface area contributed by atoms with Gasteiger partial charge >= 0.3 is 0 Å². The van der Waals surface area contributed by atoms with Crippen LogP contribution in [0, 0.1) is 11.8 Å². The van der Waals surface area contributed by atoms with Crippen LogP contribution in [0.15, 0.2) is 18.2 Å². The summed E-state index contributed by atoms with van der Waals surface area (Å²) in [6.45, 7) is 3.41. The van der Waals surface area contributed by atoms with Gasteiger partial charge in [0.15, 0.2) is 0 Å². The van der Waals surface area contributed by atoms with Crippen LogP contribution in [0.25, 0.3) is 0 Å². The molecular weight excluding hydrogens is 246 g/mol. The summed E-state index contributed by atoms with van der Waals surface area (Å²) in [6.07, 6.45) is 5.46. The van der Waals surface area contributed by atoms with Crippen molar-refractivity contribution in [3.05, 3.63) is 23.2 Å². The molecule has 18 heavy (non-hydrogen) atoms. The lowest BCUT2D eigenvalue weighted by molar-refractivity contribution is 0.293. The topological polar surface area (TPSA) is 21.3 Å². The van der Waals surface area contributed by atoms with Gasteiger partial charge < -0.3 is 10.1 Å². The summed E-state index contributed by atoms with van der Waals surface area (Å²) in [5, 5.41) is 4.15. The van der Waals surface area contributed by atoms with Crippen molar-refractivity contribution >= 4 is 17.3 Å². The second kappa shape index (κ2) is 6.33. The van der Waals surface area contributed by atoms with E-state index in [1.807, 2.05) is 18.2 Å². The number of hydrogen-bond donors (Lipinski definition) is 1. The average Bonchev–Trinajstić information content (AvgIpc) is 2.37. The minimum absolute atomic E-state index is 0.666. The normalized spacial score (nSPS) is 23.7. The molecule has 0 amide bonds. The number of rotatable bonds is 4. The molecule has 0 heterocycles. The highest BCUT2D eigenvalue weighted by Gasteiger charge is 2.18. The Morgan fingerprint density at radius 1 is 1.39 bits per heavy atom. The Bertz CT molecular complexity index is 394. The minimum atomic E-state index is 0.666. The van der Waals surface area contributed by atoms with E-state index in [0.717, 1.165) is 29.8 Å².